The standard InChI is InChI=1S/C29H39Br2FN2O3/c1-3-33-28(36)21-16-23(35)29(2)10-7-19-20(25(21)29)6-5-17-15-22(26(30)27(31)24(17)19)37-14-4-11-34-12-8-18(32)9-13-34/h15,18-21,25H,3-14,16H2,1-2H3,(H,33,36)/t19-,20+,21-,25+,29+/m0/s1. The van der Waals surface area contributed by atoms with E-state index in [1.807, 2.05) is 6.92 Å². The first-order chi connectivity index (χ1) is 17.7. The maximum atomic E-state index is 13.4. The average molecular weight is 642 g/mol. The molecule has 204 valence electrons. The Kier molecular flexibility index (Phi) is 8.38. The lowest BCUT2D eigenvalue weighted by Gasteiger charge is -2.50. The van der Waals surface area contributed by atoms with Crippen LogP contribution in [-0.2, 0) is 11.2 Å². The number of alkyl halides is 1. The van der Waals surface area contributed by atoms with Gasteiger partial charge in [0, 0.05) is 42.1 Å². The zero-order chi connectivity index (χ0) is 26.3. The van der Waals surface area contributed by atoms with Gasteiger partial charge in [-0.15, -0.1) is 0 Å². The second-order valence-corrected chi connectivity index (χ2v) is 13.4. The number of Topliss-reactive ketones (excluding diaryl/α,β-unsaturated/α-hetero) is 1. The van der Waals surface area contributed by atoms with Crippen molar-refractivity contribution in [3.05, 3.63) is 26.1 Å². The second kappa shape index (κ2) is 11.2. The molecular formula is C29H39Br2FN2O3. The number of nitrogens with one attached hydrogen (secondary N) is 1. The summed E-state index contributed by atoms with van der Waals surface area (Å²) in [5, 5.41) is 12.9. The van der Waals surface area contributed by atoms with Gasteiger partial charge in [0.25, 0.3) is 0 Å². The average Bonchev–Trinajstić information content (AvgIpc) is 3.16. The lowest BCUT2D eigenvalue weighted by molar-refractivity contribution is -0.906. The Bertz CT molecular complexity index is 1060. The van der Waals surface area contributed by atoms with Crippen molar-refractivity contribution in [2.45, 2.75) is 77.3 Å². The number of hydrogen-bond acceptors (Lipinski definition) is 4. The van der Waals surface area contributed by atoms with Crippen LogP contribution in [0, 0.1) is 23.2 Å². The molecule has 1 N–H and O–H groups in total. The zero-order valence-corrected chi connectivity index (χ0v) is 25.1. The molecule has 1 aromatic carbocycles. The number of ketones is 1. The fraction of sp³-hybridized carbons (Fsp3) is 0.724. The summed E-state index contributed by atoms with van der Waals surface area (Å²) in [6.45, 7) is 7.97. The van der Waals surface area contributed by atoms with Crippen LogP contribution in [0.25, 0.3) is 0 Å². The largest absolute Gasteiger partial charge is 0.862 e. The number of piperidine rings is 1. The molecule has 0 bridgehead atoms. The van der Waals surface area contributed by atoms with Crippen LogP contribution in [0.5, 0.6) is 5.75 Å². The van der Waals surface area contributed by atoms with E-state index in [2.05, 4.69) is 49.8 Å². The van der Waals surface area contributed by atoms with Gasteiger partial charge in [0.2, 0.25) is 0 Å². The number of aryl methyl sites for hydroxylation is 1. The number of rotatable bonds is 7. The van der Waals surface area contributed by atoms with E-state index in [9.17, 15) is 14.3 Å². The smallest absolute Gasteiger partial charge is 0.139 e. The Morgan fingerprint density at radius 1 is 1.24 bits per heavy atom. The highest BCUT2D eigenvalue weighted by atomic mass is 79.9. The minimum absolute atomic E-state index is 0.0706. The molecule has 1 saturated heterocycles. The molecule has 37 heavy (non-hydrogen) atoms. The van der Waals surface area contributed by atoms with Crippen molar-refractivity contribution in [1.29, 1.82) is 0 Å². The lowest BCUT2D eigenvalue weighted by Crippen LogP contribution is -3.13. The van der Waals surface area contributed by atoms with Crippen molar-refractivity contribution in [2.24, 2.45) is 28.2 Å². The summed E-state index contributed by atoms with van der Waals surface area (Å²) in [5.41, 5.74) is 2.24. The van der Waals surface area contributed by atoms with Gasteiger partial charge >= 0.3 is 0 Å². The van der Waals surface area contributed by atoms with Crippen LogP contribution >= 0.6 is 31.9 Å². The molecule has 0 spiro atoms. The molecule has 1 heterocycles. The molecule has 1 aromatic rings. The monoisotopic (exact) mass is 640 g/mol. The van der Waals surface area contributed by atoms with E-state index in [1.165, 1.54) is 16.0 Å². The first-order valence-corrected chi connectivity index (χ1v) is 15.7. The number of fused-ring (bicyclic) bond motifs is 5. The topological polar surface area (TPSA) is 66.2 Å². The van der Waals surface area contributed by atoms with Crippen molar-refractivity contribution in [1.82, 2.24) is 0 Å². The van der Waals surface area contributed by atoms with Crippen molar-refractivity contribution >= 4 is 43.5 Å². The maximum Gasteiger partial charge on any atom is 0.139 e. The zero-order valence-electron chi connectivity index (χ0n) is 22.0. The molecule has 0 amide bonds. The number of hydrogen-bond donors (Lipinski definition) is 1. The van der Waals surface area contributed by atoms with Gasteiger partial charge in [-0.3, -0.25) is 4.79 Å². The van der Waals surface area contributed by atoms with Crippen molar-refractivity contribution in [3.63, 3.8) is 0 Å². The van der Waals surface area contributed by atoms with Crippen LogP contribution in [-0.4, -0.2) is 50.6 Å². The van der Waals surface area contributed by atoms with E-state index in [0.29, 0.717) is 44.2 Å². The van der Waals surface area contributed by atoms with Crippen LogP contribution in [0.2, 0.25) is 0 Å². The van der Waals surface area contributed by atoms with Gasteiger partial charge in [-0.1, -0.05) is 6.92 Å². The third kappa shape index (κ3) is 5.16. The van der Waals surface area contributed by atoms with Gasteiger partial charge in [0.05, 0.1) is 30.7 Å². The Labute approximate surface area is 236 Å². The SMILES string of the molecule is CCN=C([O-])[C@H]1CC(=O)[C@@]2(C)CC[C@@H]3c4c(cc(OCCC[NH+]5CCC(F)CC5)c(Br)c4Br)CC[C@H]3[C@H]12. The molecule has 0 aromatic heterocycles. The number of benzene rings is 1. The highest BCUT2D eigenvalue weighted by Gasteiger charge is 2.59. The van der Waals surface area contributed by atoms with Gasteiger partial charge in [-0.05, 0) is 111 Å². The number of quaternary nitrogens is 1. The first-order valence-electron chi connectivity index (χ1n) is 14.1. The Hall–Kier alpha value is -0.990. The minimum atomic E-state index is -0.617. The molecule has 8 heteroatoms. The number of aliphatic imine (C=N–C) groups is 1. The Balaban J connectivity index is 1.32. The van der Waals surface area contributed by atoms with Crippen LogP contribution < -0.4 is 14.7 Å². The molecule has 3 aliphatic carbocycles. The van der Waals surface area contributed by atoms with E-state index in [0.717, 1.165) is 66.4 Å². The second-order valence-electron chi connectivity index (χ2n) is 11.8. The fourth-order valence-electron chi connectivity index (χ4n) is 7.89. The van der Waals surface area contributed by atoms with E-state index in [-0.39, 0.29) is 23.5 Å². The third-order valence-corrected chi connectivity index (χ3v) is 11.9. The quantitative estimate of drug-likeness (QED) is 0.272. The van der Waals surface area contributed by atoms with Crippen molar-refractivity contribution < 1.29 is 23.9 Å². The predicted molar refractivity (Wildman–Crippen MR) is 148 cm³/mol. The summed E-state index contributed by atoms with van der Waals surface area (Å²) in [7, 11) is 0. The molecule has 4 aliphatic rings. The van der Waals surface area contributed by atoms with Gasteiger partial charge in [-0.25, -0.2) is 4.39 Å². The molecule has 5 rings (SSSR count). The van der Waals surface area contributed by atoms with Crippen molar-refractivity contribution in [3.8, 4) is 5.75 Å². The van der Waals surface area contributed by atoms with Gasteiger partial charge in [0.1, 0.15) is 17.7 Å². The molecule has 5 nitrogen and oxygen atoms in total. The number of likely N-dealkylation sites (tertiary alicyclic amines) is 1. The maximum absolute atomic E-state index is 13.4. The first kappa shape index (κ1) is 27.6. The predicted octanol–water partition coefficient (Wildman–Crippen LogP) is 4.43. The van der Waals surface area contributed by atoms with E-state index < -0.39 is 11.6 Å². The number of nitrogens with zero attached hydrogens (tertiary/aromatic N) is 1. The summed E-state index contributed by atoms with van der Waals surface area (Å²) >= 11 is 7.71. The minimum Gasteiger partial charge on any atom is -0.862 e. The molecule has 5 atom stereocenters. The number of carbonyl (C=O) groups is 1. The van der Waals surface area contributed by atoms with E-state index in [4.69, 9.17) is 4.74 Å². The summed E-state index contributed by atoms with van der Waals surface area (Å²) in [4.78, 5) is 18.8. The lowest BCUT2D eigenvalue weighted by atomic mass is 9.54. The molecule has 1 aliphatic heterocycles. The van der Waals surface area contributed by atoms with E-state index >= 15 is 0 Å². The summed E-state index contributed by atoms with van der Waals surface area (Å²) in [6.07, 6.45) is 5.75. The highest BCUT2D eigenvalue weighted by molar-refractivity contribution is 9.13. The van der Waals surface area contributed by atoms with Gasteiger partial charge in [-0.2, -0.15) is 0 Å². The summed E-state index contributed by atoms with van der Waals surface area (Å²) in [5.74, 6) is 1.49. The Morgan fingerprint density at radius 3 is 2.73 bits per heavy atom. The number of ether oxygens (including phenoxy) is 1. The number of carbonyl (C=O) groups excluding carboxylic acids is 1. The van der Waals surface area contributed by atoms with Gasteiger partial charge in [0.15, 0.2) is 0 Å². The third-order valence-electron chi connectivity index (χ3n) is 9.76. The van der Waals surface area contributed by atoms with Crippen LogP contribution in [0.4, 0.5) is 4.39 Å². The van der Waals surface area contributed by atoms with Crippen LogP contribution in [0.15, 0.2) is 20.0 Å². The molecule has 3 fully saturated rings. The normalized spacial score (nSPS) is 35.6. The van der Waals surface area contributed by atoms with Gasteiger partial charge < -0.3 is 19.7 Å². The number of halogens is 3. The van der Waals surface area contributed by atoms with Crippen LogP contribution in [0.1, 0.15) is 75.8 Å². The Morgan fingerprint density at radius 2 is 2.00 bits per heavy atom. The van der Waals surface area contributed by atoms with E-state index in [1.54, 1.807) is 0 Å². The summed E-state index contributed by atoms with van der Waals surface area (Å²) in [6, 6.07) is 2.20. The summed E-state index contributed by atoms with van der Waals surface area (Å²) < 4.78 is 21.6. The molecule has 0 radical (unpaired) electrons. The molecular weight excluding hydrogens is 603 g/mol. The highest BCUT2D eigenvalue weighted by Crippen LogP contribution is 2.62. The van der Waals surface area contributed by atoms with Crippen molar-refractivity contribution in [2.75, 3.05) is 32.8 Å². The molecule has 0 unspecified atom stereocenters. The molecule has 2 saturated carbocycles. The fourth-order valence-corrected chi connectivity index (χ4v) is 9.07. The van der Waals surface area contributed by atoms with Crippen LogP contribution in [0.3, 0.4) is 0 Å².